The summed E-state index contributed by atoms with van der Waals surface area (Å²) in [6, 6.07) is 15.6. The van der Waals surface area contributed by atoms with E-state index in [4.69, 9.17) is 5.11 Å². The van der Waals surface area contributed by atoms with Gasteiger partial charge in [0.1, 0.15) is 11.4 Å². The molecule has 0 spiro atoms. The lowest BCUT2D eigenvalue weighted by Gasteiger charge is -2.10. The first-order valence-electron chi connectivity index (χ1n) is 11.2. The number of fused-ring (bicyclic) bond motifs is 1. The minimum absolute atomic E-state index is 0.187. The molecule has 0 aliphatic rings. The maximum Gasteiger partial charge on any atom is 0.335 e. The molecule has 0 bridgehead atoms. The number of nitrogens with zero attached hydrogens (tertiary/aromatic N) is 2. The van der Waals surface area contributed by atoms with Gasteiger partial charge in [-0.2, -0.15) is 0 Å². The number of amides is 2. The number of nitrogens with one attached hydrogen (secondary N) is 3. The highest BCUT2D eigenvalue weighted by molar-refractivity contribution is 6.07. The number of hydrogen-bond acceptors (Lipinski definition) is 5. The Morgan fingerprint density at radius 1 is 1.03 bits per heavy atom. The van der Waals surface area contributed by atoms with Crippen LogP contribution in [0.5, 0.6) is 0 Å². The van der Waals surface area contributed by atoms with Crippen molar-refractivity contribution in [3.8, 4) is 11.1 Å². The number of carbonyl (C=O) groups excluding carboxylic acids is 2. The molecule has 36 heavy (non-hydrogen) atoms. The fourth-order valence-corrected chi connectivity index (χ4v) is 3.71. The SMILES string of the molecule is C/N=C(/C)NC(=O)c1cc2cc(-c3cc(C(=O)NCc4ccc(C(=O)O)cc4)ncc3C)ccc2[nH]1. The number of aromatic amines is 1. The van der Waals surface area contributed by atoms with Gasteiger partial charge in [-0.1, -0.05) is 18.2 Å². The van der Waals surface area contributed by atoms with Crippen molar-refractivity contribution in [2.24, 2.45) is 4.99 Å². The fraction of sp³-hybridized carbons (Fsp3) is 0.148. The zero-order valence-electron chi connectivity index (χ0n) is 20.0. The summed E-state index contributed by atoms with van der Waals surface area (Å²) in [6.07, 6.45) is 1.65. The summed E-state index contributed by atoms with van der Waals surface area (Å²) in [4.78, 5) is 47.5. The second-order valence-corrected chi connectivity index (χ2v) is 8.32. The maximum absolute atomic E-state index is 12.8. The molecule has 4 aromatic rings. The Labute approximate surface area is 207 Å². The summed E-state index contributed by atoms with van der Waals surface area (Å²) < 4.78 is 0. The van der Waals surface area contributed by atoms with Gasteiger partial charge in [0.15, 0.2) is 0 Å². The van der Waals surface area contributed by atoms with E-state index in [2.05, 4.69) is 25.6 Å². The highest BCUT2D eigenvalue weighted by Crippen LogP contribution is 2.28. The summed E-state index contributed by atoms with van der Waals surface area (Å²) in [7, 11) is 1.61. The number of carboxylic acid groups (broad SMARTS) is 1. The Morgan fingerprint density at radius 3 is 2.47 bits per heavy atom. The molecule has 0 atom stereocenters. The normalized spacial score (nSPS) is 11.4. The van der Waals surface area contributed by atoms with Crippen LogP contribution in [0.4, 0.5) is 0 Å². The molecule has 182 valence electrons. The number of benzene rings is 2. The number of amidine groups is 1. The predicted octanol–water partition coefficient (Wildman–Crippen LogP) is 3.94. The average molecular weight is 484 g/mol. The number of H-pyrrole nitrogens is 1. The second kappa shape index (κ2) is 10.2. The molecule has 0 unspecified atom stereocenters. The van der Waals surface area contributed by atoms with Gasteiger partial charge < -0.3 is 20.7 Å². The Hall–Kier alpha value is -4.79. The summed E-state index contributed by atoms with van der Waals surface area (Å²) >= 11 is 0. The third-order valence-electron chi connectivity index (χ3n) is 5.80. The topological polar surface area (TPSA) is 137 Å². The number of hydrogen-bond donors (Lipinski definition) is 4. The van der Waals surface area contributed by atoms with Gasteiger partial charge in [-0.15, -0.1) is 0 Å². The van der Waals surface area contributed by atoms with Gasteiger partial charge in [0, 0.05) is 30.7 Å². The van der Waals surface area contributed by atoms with Crippen molar-refractivity contribution >= 4 is 34.5 Å². The minimum Gasteiger partial charge on any atom is -0.478 e. The molecular weight excluding hydrogens is 458 g/mol. The number of aromatic nitrogens is 2. The van der Waals surface area contributed by atoms with Crippen molar-refractivity contribution in [3.63, 3.8) is 0 Å². The first kappa shape index (κ1) is 24.3. The van der Waals surface area contributed by atoms with Crippen LogP contribution in [-0.2, 0) is 6.54 Å². The van der Waals surface area contributed by atoms with Crippen molar-refractivity contribution in [2.45, 2.75) is 20.4 Å². The van der Waals surface area contributed by atoms with Crippen molar-refractivity contribution in [2.75, 3.05) is 7.05 Å². The van der Waals surface area contributed by atoms with E-state index in [-0.39, 0.29) is 29.6 Å². The molecule has 0 aliphatic carbocycles. The standard InChI is InChI=1S/C27H25N5O4/c1-15-13-29-23(25(33)30-14-17-4-6-18(7-5-17)27(35)36)12-21(15)19-8-9-22-20(10-19)11-24(32-22)26(34)31-16(2)28-3/h4-13,32H,14H2,1-3H3,(H,30,33)(H,35,36)(H,28,31,34). The number of carbonyl (C=O) groups is 3. The molecule has 2 aromatic carbocycles. The largest absolute Gasteiger partial charge is 0.478 e. The molecule has 0 saturated carbocycles. The van der Waals surface area contributed by atoms with Crippen LogP contribution in [0, 0.1) is 6.92 Å². The van der Waals surface area contributed by atoms with E-state index in [0.717, 1.165) is 33.2 Å². The lowest BCUT2D eigenvalue weighted by molar-refractivity contribution is 0.0696. The van der Waals surface area contributed by atoms with Gasteiger partial charge in [-0.05, 0) is 72.5 Å². The molecule has 2 heterocycles. The molecule has 0 aliphatic heterocycles. The summed E-state index contributed by atoms with van der Waals surface area (Å²) in [5.41, 5.74) is 5.11. The smallest absolute Gasteiger partial charge is 0.335 e. The predicted molar refractivity (Wildman–Crippen MR) is 137 cm³/mol. The van der Waals surface area contributed by atoms with Crippen molar-refractivity contribution in [1.82, 2.24) is 20.6 Å². The zero-order valence-corrected chi connectivity index (χ0v) is 20.0. The maximum atomic E-state index is 12.8. The number of rotatable bonds is 6. The van der Waals surface area contributed by atoms with E-state index in [9.17, 15) is 14.4 Å². The highest BCUT2D eigenvalue weighted by Gasteiger charge is 2.14. The van der Waals surface area contributed by atoms with Gasteiger partial charge in [0.25, 0.3) is 11.8 Å². The van der Waals surface area contributed by atoms with E-state index in [1.807, 2.05) is 25.1 Å². The van der Waals surface area contributed by atoms with Crippen LogP contribution < -0.4 is 10.6 Å². The fourth-order valence-electron chi connectivity index (χ4n) is 3.71. The summed E-state index contributed by atoms with van der Waals surface area (Å²) in [5, 5.41) is 15.4. The third-order valence-corrected chi connectivity index (χ3v) is 5.80. The van der Waals surface area contributed by atoms with Gasteiger partial charge in [0.05, 0.1) is 11.4 Å². The van der Waals surface area contributed by atoms with Gasteiger partial charge in [-0.3, -0.25) is 19.6 Å². The van der Waals surface area contributed by atoms with E-state index in [1.54, 1.807) is 44.4 Å². The Balaban J connectivity index is 1.53. The zero-order chi connectivity index (χ0) is 25.8. The Kier molecular flexibility index (Phi) is 6.91. The van der Waals surface area contributed by atoms with Gasteiger partial charge in [0.2, 0.25) is 0 Å². The number of aromatic carboxylic acids is 1. The van der Waals surface area contributed by atoms with E-state index >= 15 is 0 Å². The van der Waals surface area contributed by atoms with Gasteiger partial charge in [-0.25, -0.2) is 4.79 Å². The van der Waals surface area contributed by atoms with Gasteiger partial charge >= 0.3 is 5.97 Å². The van der Waals surface area contributed by atoms with E-state index in [0.29, 0.717) is 11.5 Å². The molecule has 0 radical (unpaired) electrons. The van der Waals surface area contributed by atoms with Crippen molar-refractivity contribution in [3.05, 3.63) is 88.9 Å². The van der Waals surface area contributed by atoms with Crippen LogP contribution in [0.3, 0.4) is 0 Å². The van der Waals surface area contributed by atoms with E-state index < -0.39 is 5.97 Å². The number of aryl methyl sites for hydroxylation is 1. The summed E-state index contributed by atoms with van der Waals surface area (Å²) in [5.74, 6) is -1.09. The number of pyridine rings is 1. The first-order chi connectivity index (χ1) is 17.2. The molecule has 9 heteroatoms. The molecule has 4 N–H and O–H groups in total. The van der Waals surface area contributed by atoms with Crippen LogP contribution >= 0.6 is 0 Å². The number of aliphatic imine (C=N–C) groups is 1. The molecular formula is C27H25N5O4. The van der Waals surface area contributed by atoms with Crippen LogP contribution in [0.1, 0.15) is 49.4 Å². The minimum atomic E-state index is -1.000. The molecule has 2 aromatic heterocycles. The third kappa shape index (κ3) is 5.30. The molecule has 4 rings (SSSR count). The number of carboxylic acids is 1. The quantitative estimate of drug-likeness (QED) is 0.243. The molecule has 2 amide bonds. The highest BCUT2D eigenvalue weighted by atomic mass is 16.4. The second-order valence-electron chi connectivity index (χ2n) is 8.32. The van der Waals surface area contributed by atoms with E-state index in [1.165, 1.54) is 12.1 Å². The van der Waals surface area contributed by atoms with Crippen LogP contribution in [0.25, 0.3) is 22.0 Å². The monoisotopic (exact) mass is 483 g/mol. The summed E-state index contributed by atoms with van der Waals surface area (Å²) in [6.45, 7) is 3.88. The Morgan fingerprint density at radius 2 is 1.78 bits per heavy atom. The van der Waals surface area contributed by atoms with Crippen LogP contribution in [0.2, 0.25) is 0 Å². The molecule has 9 nitrogen and oxygen atoms in total. The lowest BCUT2D eigenvalue weighted by atomic mass is 10.00. The van der Waals surface area contributed by atoms with Crippen LogP contribution in [-0.4, -0.2) is 45.7 Å². The van der Waals surface area contributed by atoms with Crippen molar-refractivity contribution in [1.29, 1.82) is 0 Å². The average Bonchev–Trinajstić information content (AvgIpc) is 3.31. The molecule has 0 saturated heterocycles. The first-order valence-corrected chi connectivity index (χ1v) is 11.2. The van der Waals surface area contributed by atoms with Crippen LogP contribution in [0.15, 0.2) is 65.8 Å². The Bertz CT molecular complexity index is 1500. The van der Waals surface area contributed by atoms with Crippen molar-refractivity contribution < 1.29 is 19.5 Å². The molecule has 0 fully saturated rings. The lowest BCUT2D eigenvalue weighted by Crippen LogP contribution is -2.28.